The van der Waals surface area contributed by atoms with E-state index in [0.717, 1.165) is 44.6 Å². The normalized spacial score (nSPS) is 22.1. The smallest absolute Gasteiger partial charge is 0.290 e. The van der Waals surface area contributed by atoms with Crippen LogP contribution in [0.25, 0.3) is 0 Å². The van der Waals surface area contributed by atoms with Gasteiger partial charge in [0, 0.05) is 23.7 Å². The highest BCUT2D eigenvalue weighted by atomic mass is 16.3. The maximum absolute atomic E-state index is 15.0. The zero-order chi connectivity index (χ0) is 65.7. The summed E-state index contributed by atoms with van der Waals surface area (Å²) in [6.45, 7) is 66.3. The van der Waals surface area contributed by atoms with Crippen LogP contribution in [0.3, 0.4) is 0 Å². The molecule has 0 radical (unpaired) electrons. The van der Waals surface area contributed by atoms with Gasteiger partial charge in [-0.25, -0.2) is 0 Å². The van der Waals surface area contributed by atoms with Crippen LogP contribution in [0.4, 0.5) is 0 Å². The summed E-state index contributed by atoms with van der Waals surface area (Å²) in [5, 5.41) is 57.8. The molecule has 0 aromatic heterocycles. The first kappa shape index (κ1) is 70.4. The number of carbonyl (C=O) groups excluding carboxylic acids is 4. The molecule has 0 fully saturated rings. The van der Waals surface area contributed by atoms with Crippen molar-refractivity contribution in [1.82, 2.24) is 21.3 Å². The predicted molar refractivity (Wildman–Crippen MR) is 349 cm³/mol. The number of allylic oxidation sites excluding steroid dienone is 24. The standard InChI is InChI=1S/C73H104N4O8/c1-41-45(29-49(65(5,6)7)37-53(41)69(17,18)19)33-57(78)61(82)74-73(75-62(83)58(79)34-46-30-50(66(8,9)10)38-54(42(46)2)70(20,21)22,76-63(84)59(80)35-47-31-51(67(11,12)13)39-55(43(47)3)71(23,24)25)77-64(85)60(81)36-48-32-52(68(14,15)16)40-56(44(48)4)72(26,27)28/h29-40,45-48,78-81H,1-4H2,5-28H3,(H,74,82)(H,75,83)(H,76,84)(H,77,85). The van der Waals surface area contributed by atoms with Crippen LogP contribution in [0.1, 0.15) is 166 Å². The lowest BCUT2D eigenvalue weighted by molar-refractivity contribution is -0.135. The van der Waals surface area contributed by atoms with Gasteiger partial charge in [-0.3, -0.25) is 40.4 Å². The van der Waals surface area contributed by atoms with E-state index in [1.165, 1.54) is 24.3 Å². The molecule has 0 aromatic rings. The molecular formula is C73H104N4O8. The number of hydrogen-bond acceptors (Lipinski definition) is 8. The van der Waals surface area contributed by atoms with Crippen LogP contribution >= 0.6 is 0 Å². The zero-order valence-electron chi connectivity index (χ0n) is 56.0. The summed E-state index contributed by atoms with van der Waals surface area (Å²) in [4.78, 5) is 59.8. The maximum Gasteiger partial charge on any atom is 0.290 e. The highest BCUT2D eigenvalue weighted by molar-refractivity contribution is 5.99. The van der Waals surface area contributed by atoms with Gasteiger partial charge in [-0.1, -0.05) is 241 Å². The molecule has 4 amide bonds. The van der Waals surface area contributed by atoms with Crippen molar-refractivity contribution < 1.29 is 39.6 Å². The molecule has 4 atom stereocenters. The summed E-state index contributed by atoms with van der Waals surface area (Å²) in [6.07, 6.45) is 20.8. The maximum atomic E-state index is 15.0. The van der Waals surface area contributed by atoms with Gasteiger partial charge < -0.3 is 20.4 Å². The SMILES string of the molecule is C=C1C(C(C)(C)C)=CC(C(C)(C)C)=CC1C=C(O)C(=O)NC(NC(=O)C(O)=CC1C=C(C(C)(C)C)C=C(C(C)(C)C)C1=C)(NC(=O)C(O)=CC1C=C(C(C)(C)C)C=C(C(C)(C)C)C1=C)NC(=O)C(O)=CC1C=C(C(C)(C)C)C=C(C(C)(C)C)C1=C. The molecule has 0 spiro atoms. The number of carbonyl (C=O) groups is 4. The lowest BCUT2D eigenvalue weighted by Gasteiger charge is -2.37. The van der Waals surface area contributed by atoms with Crippen molar-refractivity contribution in [3.05, 3.63) is 189 Å². The second-order valence-corrected chi connectivity index (χ2v) is 31.7. The summed E-state index contributed by atoms with van der Waals surface area (Å²) >= 11 is 0. The van der Waals surface area contributed by atoms with E-state index >= 15 is 0 Å². The zero-order valence-corrected chi connectivity index (χ0v) is 56.0. The van der Waals surface area contributed by atoms with E-state index in [4.69, 9.17) is 0 Å². The van der Waals surface area contributed by atoms with Gasteiger partial charge in [0.25, 0.3) is 29.5 Å². The highest BCUT2D eigenvalue weighted by Gasteiger charge is 2.43. The van der Waals surface area contributed by atoms with Gasteiger partial charge in [-0.2, -0.15) is 0 Å². The number of hydrogen-bond donors (Lipinski definition) is 8. The second kappa shape index (κ2) is 24.4. The molecule has 4 aliphatic carbocycles. The van der Waals surface area contributed by atoms with Crippen LogP contribution in [-0.4, -0.2) is 50.0 Å². The van der Waals surface area contributed by atoms with Crippen LogP contribution in [-0.2, 0) is 19.2 Å². The molecular weight excluding hydrogens is 1060 g/mol. The molecule has 0 aliphatic heterocycles. The van der Waals surface area contributed by atoms with E-state index in [0.29, 0.717) is 22.3 Å². The Balaban J connectivity index is 2.07. The molecule has 8 N–H and O–H groups in total. The highest BCUT2D eigenvalue weighted by Crippen LogP contribution is 2.47. The fourth-order valence-corrected chi connectivity index (χ4v) is 10.4. The molecule has 4 rings (SSSR count). The molecule has 0 saturated heterocycles. The Morgan fingerprint density at radius 3 is 0.600 bits per heavy atom. The Bertz CT molecular complexity index is 2760. The Kier molecular flexibility index (Phi) is 20.2. The van der Waals surface area contributed by atoms with Gasteiger partial charge in [0.2, 0.25) is 0 Å². The molecule has 464 valence electrons. The Labute approximate surface area is 510 Å². The van der Waals surface area contributed by atoms with Crippen LogP contribution in [0.5, 0.6) is 0 Å². The van der Waals surface area contributed by atoms with Gasteiger partial charge in [0.05, 0.1) is 0 Å². The van der Waals surface area contributed by atoms with Crippen molar-refractivity contribution in [2.45, 2.75) is 172 Å². The lowest BCUT2D eigenvalue weighted by atomic mass is 9.70. The molecule has 4 aliphatic rings. The van der Waals surface area contributed by atoms with Gasteiger partial charge in [-0.05, 0) is 135 Å². The average Bonchev–Trinajstić information content (AvgIpc) is 2.35. The van der Waals surface area contributed by atoms with Crippen LogP contribution in [0, 0.1) is 67.0 Å². The van der Waals surface area contributed by atoms with Crippen molar-refractivity contribution in [3.8, 4) is 0 Å². The van der Waals surface area contributed by atoms with Crippen molar-refractivity contribution in [1.29, 1.82) is 0 Å². The number of amides is 4. The molecule has 0 aromatic carbocycles. The quantitative estimate of drug-likeness (QED) is 0.0536. The number of nitrogens with one attached hydrogen (secondary N) is 4. The first-order chi connectivity index (χ1) is 38.1. The Morgan fingerprint density at radius 1 is 0.318 bits per heavy atom. The minimum Gasteiger partial charge on any atom is -0.503 e. The van der Waals surface area contributed by atoms with Crippen molar-refractivity contribution in [3.63, 3.8) is 0 Å². The summed E-state index contributed by atoms with van der Waals surface area (Å²) in [7, 11) is 0. The predicted octanol–water partition coefficient (Wildman–Crippen LogP) is 16.4. The van der Waals surface area contributed by atoms with E-state index in [1.807, 2.05) is 190 Å². The number of aliphatic hydroxyl groups is 4. The van der Waals surface area contributed by atoms with E-state index < -0.39 is 97.9 Å². The monoisotopic (exact) mass is 1160 g/mol. The fraction of sp³-hybridized carbons (Fsp3) is 0.507. The topological polar surface area (TPSA) is 197 Å². The first-order valence-electron chi connectivity index (χ1n) is 29.6. The van der Waals surface area contributed by atoms with Crippen molar-refractivity contribution in [2.75, 3.05) is 0 Å². The van der Waals surface area contributed by atoms with Gasteiger partial charge in [0.15, 0.2) is 23.0 Å². The summed E-state index contributed by atoms with van der Waals surface area (Å²) in [5.41, 5.74) is 6.41. The minimum atomic E-state index is -3.09. The number of rotatable bonds is 12. The van der Waals surface area contributed by atoms with Crippen LogP contribution < -0.4 is 21.3 Å². The van der Waals surface area contributed by atoms with Gasteiger partial charge >= 0.3 is 0 Å². The third kappa shape index (κ3) is 17.5. The van der Waals surface area contributed by atoms with E-state index in [1.54, 1.807) is 0 Å². The van der Waals surface area contributed by atoms with Crippen LogP contribution in [0.15, 0.2) is 189 Å². The average molecular weight is 1170 g/mol. The third-order valence-electron chi connectivity index (χ3n) is 15.8. The van der Waals surface area contributed by atoms with E-state index in [-0.39, 0.29) is 21.7 Å². The molecule has 0 heterocycles. The Morgan fingerprint density at radius 2 is 0.471 bits per heavy atom. The first-order valence-corrected chi connectivity index (χ1v) is 29.6. The number of aliphatic hydroxyl groups excluding tert-OH is 4. The molecule has 12 heteroatoms. The second-order valence-electron chi connectivity index (χ2n) is 31.7. The fourth-order valence-electron chi connectivity index (χ4n) is 10.4. The van der Waals surface area contributed by atoms with E-state index in [9.17, 15) is 39.6 Å². The van der Waals surface area contributed by atoms with Gasteiger partial charge in [-0.15, -0.1) is 0 Å². The molecule has 0 saturated carbocycles. The summed E-state index contributed by atoms with van der Waals surface area (Å²) < 4.78 is 0. The minimum absolute atomic E-state index is 0.369. The van der Waals surface area contributed by atoms with Crippen molar-refractivity contribution >= 4 is 23.6 Å². The molecule has 0 bridgehead atoms. The molecule has 85 heavy (non-hydrogen) atoms. The molecule has 12 nitrogen and oxygen atoms in total. The van der Waals surface area contributed by atoms with Gasteiger partial charge in [0.1, 0.15) is 0 Å². The summed E-state index contributed by atoms with van der Waals surface area (Å²) in [6, 6.07) is 0. The third-order valence-corrected chi connectivity index (χ3v) is 15.8. The van der Waals surface area contributed by atoms with E-state index in [2.05, 4.69) is 71.9 Å². The summed E-state index contributed by atoms with van der Waals surface area (Å²) in [5.74, 6) is -15.2. The molecule has 4 unspecified atom stereocenters. The largest absolute Gasteiger partial charge is 0.503 e. The van der Waals surface area contributed by atoms with Crippen molar-refractivity contribution in [2.24, 2.45) is 67.0 Å². The Hall–Kier alpha value is -7.08. The van der Waals surface area contributed by atoms with Crippen LogP contribution in [0.2, 0.25) is 0 Å². The lowest BCUT2D eigenvalue weighted by Crippen LogP contribution is -2.79.